The fourth-order valence-electron chi connectivity index (χ4n) is 2.93. The van der Waals surface area contributed by atoms with Gasteiger partial charge in [0.15, 0.2) is 0 Å². The molecule has 0 fully saturated rings. The van der Waals surface area contributed by atoms with E-state index in [-0.39, 0.29) is 16.7 Å². The highest BCUT2D eigenvalue weighted by Crippen LogP contribution is 2.41. The summed E-state index contributed by atoms with van der Waals surface area (Å²) in [6, 6.07) is 11.5. The molecule has 151 valence electrons. The second-order valence-corrected chi connectivity index (χ2v) is 11.5. The first-order chi connectivity index (χ1) is 12.8. The Balaban J connectivity index is 2.43. The van der Waals surface area contributed by atoms with Crippen LogP contribution in [-0.4, -0.2) is 14.9 Å². The first-order valence-corrected chi connectivity index (χ1v) is 12.0. The zero-order chi connectivity index (χ0) is 21.3. The van der Waals surface area contributed by atoms with Crippen LogP contribution in [0.1, 0.15) is 63.0 Å². The van der Waals surface area contributed by atoms with Crippen LogP contribution in [0.5, 0.6) is 5.75 Å². The quantitative estimate of drug-likeness (QED) is 0.510. The molecule has 3 N–H and O–H groups in total. The molecule has 0 saturated carbocycles. The van der Waals surface area contributed by atoms with E-state index in [0.717, 1.165) is 5.56 Å². The Kier molecular flexibility index (Phi) is 6.29. The summed E-state index contributed by atoms with van der Waals surface area (Å²) in [5.41, 5.74) is 10.0. The SMILES string of the molecule is C[Si](C)Oc1c(C(C)(C)C)ccc(N)c1NC(=O)c1ccc(C(C)(C)C)cc1. The third-order valence-corrected chi connectivity index (χ3v) is 5.17. The zero-order valence-electron chi connectivity index (χ0n) is 18.4. The van der Waals surface area contributed by atoms with Crippen molar-refractivity contribution < 1.29 is 9.22 Å². The Bertz CT molecular complexity index is 845. The lowest BCUT2D eigenvalue weighted by Crippen LogP contribution is -2.22. The number of amides is 1. The van der Waals surface area contributed by atoms with E-state index < -0.39 is 9.04 Å². The summed E-state index contributed by atoms with van der Waals surface area (Å²) < 4.78 is 6.19. The standard InChI is InChI=1S/C23H33N2O2Si/c1-22(2,3)16-11-9-15(10-12-16)21(26)25-19-18(24)14-13-17(23(4,5)6)20(19)27-28(7)8/h9-14H,24H2,1-8H3,(H,25,26). The number of carbonyl (C=O) groups is 1. The summed E-state index contributed by atoms with van der Waals surface area (Å²) in [6.07, 6.45) is 0. The van der Waals surface area contributed by atoms with Crippen molar-refractivity contribution in [3.05, 3.63) is 53.1 Å². The molecule has 0 aromatic heterocycles. The molecule has 0 spiro atoms. The average molecular weight is 398 g/mol. The minimum atomic E-state index is -1.03. The molecule has 2 aromatic rings. The van der Waals surface area contributed by atoms with Gasteiger partial charge in [0.1, 0.15) is 11.4 Å². The lowest BCUT2D eigenvalue weighted by atomic mass is 9.85. The maximum absolute atomic E-state index is 12.9. The molecule has 0 aliphatic heterocycles. The minimum Gasteiger partial charge on any atom is -0.541 e. The molecule has 28 heavy (non-hydrogen) atoms. The van der Waals surface area contributed by atoms with Gasteiger partial charge in [-0.3, -0.25) is 4.79 Å². The summed E-state index contributed by atoms with van der Waals surface area (Å²) in [6.45, 7) is 17.0. The monoisotopic (exact) mass is 397 g/mol. The largest absolute Gasteiger partial charge is 0.541 e. The molecule has 0 saturated heterocycles. The number of nitrogens with one attached hydrogen (secondary N) is 1. The molecule has 0 aliphatic carbocycles. The lowest BCUT2D eigenvalue weighted by Gasteiger charge is -2.27. The first kappa shape index (κ1) is 22.0. The topological polar surface area (TPSA) is 64.3 Å². The summed E-state index contributed by atoms with van der Waals surface area (Å²) in [4.78, 5) is 12.9. The van der Waals surface area contributed by atoms with E-state index in [2.05, 4.69) is 60.0 Å². The van der Waals surface area contributed by atoms with E-state index in [1.807, 2.05) is 36.4 Å². The molecule has 2 aromatic carbocycles. The van der Waals surface area contributed by atoms with E-state index in [1.54, 1.807) is 0 Å². The van der Waals surface area contributed by atoms with Gasteiger partial charge in [-0.05, 0) is 47.7 Å². The van der Waals surface area contributed by atoms with Crippen LogP contribution in [0.15, 0.2) is 36.4 Å². The van der Waals surface area contributed by atoms with E-state index in [4.69, 9.17) is 10.2 Å². The Morgan fingerprint density at radius 1 is 0.929 bits per heavy atom. The van der Waals surface area contributed by atoms with Gasteiger partial charge in [-0.25, -0.2) is 0 Å². The highest BCUT2D eigenvalue weighted by molar-refractivity contribution is 6.49. The van der Waals surface area contributed by atoms with Crippen molar-refractivity contribution in [2.45, 2.75) is 65.5 Å². The van der Waals surface area contributed by atoms with Gasteiger partial charge in [0.25, 0.3) is 14.9 Å². The van der Waals surface area contributed by atoms with Crippen molar-refractivity contribution >= 4 is 26.3 Å². The molecule has 0 bridgehead atoms. The van der Waals surface area contributed by atoms with Crippen LogP contribution in [0.25, 0.3) is 0 Å². The van der Waals surface area contributed by atoms with E-state index in [0.29, 0.717) is 22.7 Å². The van der Waals surface area contributed by atoms with E-state index in [9.17, 15) is 4.79 Å². The van der Waals surface area contributed by atoms with Crippen LogP contribution >= 0.6 is 0 Å². The lowest BCUT2D eigenvalue weighted by molar-refractivity contribution is 0.102. The molecular weight excluding hydrogens is 364 g/mol. The van der Waals surface area contributed by atoms with Crippen LogP contribution in [0.2, 0.25) is 13.1 Å². The van der Waals surface area contributed by atoms with Crippen LogP contribution in [0.4, 0.5) is 11.4 Å². The second kappa shape index (κ2) is 8.00. The molecule has 2 rings (SSSR count). The minimum absolute atomic E-state index is 0.0438. The summed E-state index contributed by atoms with van der Waals surface area (Å²) in [5.74, 6) is 0.495. The normalized spacial score (nSPS) is 12.2. The van der Waals surface area contributed by atoms with Gasteiger partial charge in [0.05, 0.1) is 5.69 Å². The van der Waals surface area contributed by atoms with Gasteiger partial charge in [0.2, 0.25) is 0 Å². The third kappa shape index (κ3) is 5.16. The predicted octanol–water partition coefficient (Wildman–Crippen LogP) is 5.75. The van der Waals surface area contributed by atoms with Crippen molar-refractivity contribution in [3.63, 3.8) is 0 Å². The Hall–Kier alpha value is -2.27. The van der Waals surface area contributed by atoms with E-state index >= 15 is 0 Å². The third-order valence-electron chi connectivity index (χ3n) is 4.56. The number of hydrogen-bond donors (Lipinski definition) is 2. The van der Waals surface area contributed by atoms with Crippen LogP contribution < -0.4 is 15.5 Å². The van der Waals surface area contributed by atoms with Crippen molar-refractivity contribution in [2.75, 3.05) is 11.1 Å². The molecule has 0 atom stereocenters. The fourth-order valence-corrected chi connectivity index (χ4v) is 3.56. The van der Waals surface area contributed by atoms with Gasteiger partial charge >= 0.3 is 0 Å². The number of nitrogen functional groups attached to an aromatic ring is 1. The Morgan fingerprint density at radius 3 is 1.96 bits per heavy atom. The second-order valence-electron chi connectivity index (χ2n) is 9.45. The number of hydrogen-bond acceptors (Lipinski definition) is 3. The van der Waals surface area contributed by atoms with Crippen molar-refractivity contribution in [1.82, 2.24) is 0 Å². The fraction of sp³-hybridized carbons (Fsp3) is 0.435. The molecule has 1 radical (unpaired) electrons. The average Bonchev–Trinajstić information content (AvgIpc) is 2.55. The maximum Gasteiger partial charge on any atom is 0.274 e. The number of benzene rings is 2. The smallest absolute Gasteiger partial charge is 0.274 e. The Morgan fingerprint density at radius 2 is 1.50 bits per heavy atom. The van der Waals surface area contributed by atoms with Crippen LogP contribution in [0.3, 0.4) is 0 Å². The van der Waals surface area contributed by atoms with Crippen molar-refractivity contribution in [2.24, 2.45) is 0 Å². The molecule has 0 aliphatic rings. The van der Waals surface area contributed by atoms with Crippen molar-refractivity contribution in [3.8, 4) is 5.75 Å². The Labute approximate surface area is 171 Å². The summed E-state index contributed by atoms with van der Waals surface area (Å²) >= 11 is 0. The van der Waals surface area contributed by atoms with Gasteiger partial charge in [0, 0.05) is 11.1 Å². The predicted molar refractivity (Wildman–Crippen MR) is 121 cm³/mol. The maximum atomic E-state index is 12.9. The van der Waals surface area contributed by atoms with Gasteiger partial charge in [-0.15, -0.1) is 0 Å². The van der Waals surface area contributed by atoms with Crippen LogP contribution in [0, 0.1) is 0 Å². The zero-order valence-corrected chi connectivity index (χ0v) is 19.4. The van der Waals surface area contributed by atoms with Gasteiger partial charge in [-0.1, -0.05) is 59.7 Å². The number of rotatable bonds is 4. The molecular formula is C23H33N2O2Si. The highest BCUT2D eigenvalue weighted by Gasteiger charge is 2.25. The number of anilines is 2. The van der Waals surface area contributed by atoms with Crippen molar-refractivity contribution in [1.29, 1.82) is 0 Å². The van der Waals surface area contributed by atoms with E-state index in [1.165, 1.54) is 5.56 Å². The molecule has 5 heteroatoms. The molecule has 4 nitrogen and oxygen atoms in total. The summed E-state index contributed by atoms with van der Waals surface area (Å²) in [7, 11) is -1.03. The van der Waals surface area contributed by atoms with Gasteiger partial charge < -0.3 is 15.5 Å². The number of carbonyl (C=O) groups excluding carboxylic acids is 1. The molecule has 0 unspecified atom stereocenters. The molecule has 1 amide bonds. The number of nitrogens with two attached hydrogens (primary N) is 1. The highest BCUT2D eigenvalue weighted by atomic mass is 28.3. The first-order valence-electron chi connectivity index (χ1n) is 9.63. The van der Waals surface area contributed by atoms with Crippen LogP contribution in [-0.2, 0) is 10.8 Å². The molecule has 0 heterocycles. The summed E-state index contributed by atoms with van der Waals surface area (Å²) in [5, 5.41) is 3.00. The van der Waals surface area contributed by atoms with Gasteiger partial charge in [-0.2, -0.15) is 0 Å².